The van der Waals surface area contributed by atoms with Crippen LogP contribution in [0.2, 0.25) is 0 Å². The summed E-state index contributed by atoms with van der Waals surface area (Å²) < 4.78 is 11.1. The van der Waals surface area contributed by atoms with Crippen molar-refractivity contribution in [3.63, 3.8) is 0 Å². The lowest BCUT2D eigenvalue weighted by Crippen LogP contribution is -2.27. The number of carboxylic acids is 1. The zero-order valence-electron chi connectivity index (χ0n) is 12.8. The zero-order valence-corrected chi connectivity index (χ0v) is 12.8. The highest BCUT2D eigenvalue weighted by Gasteiger charge is 2.31. The molecule has 1 aromatic heterocycles. The number of ether oxygens (including phenoxy) is 1. The largest absolute Gasteiger partial charge is 0.490 e. The molecule has 0 saturated carbocycles. The van der Waals surface area contributed by atoms with Crippen LogP contribution in [0.3, 0.4) is 0 Å². The first-order valence-corrected chi connectivity index (χ1v) is 7.70. The topological polar surface area (TPSA) is 71.7 Å². The van der Waals surface area contributed by atoms with E-state index in [9.17, 15) is 9.90 Å². The molecule has 1 fully saturated rings. The van der Waals surface area contributed by atoms with E-state index < -0.39 is 11.9 Å². The van der Waals surface area contributed by atoms with Crippen LogP contribution in [0.4, 0.5) is 0 Å². The summed E-state index contributed by atoms with van der Waals surface area (Å²) in [6, 6.07) is 1.82. The Kier molecular flexibility index (Phi) is 5.67. The summed E-state index contributed by atoms with van der Waals surface area (Å²) in [4.78, 5) is 11.4. The maximum atomic E-state index is 11.4. The van der Waals surface area contributed by atoms with Gasteiger partial charge in [0.2, 0.25) is 0 Å². The van der Waals surface area contributed by atoms with Crippen molar-refractivity contribution in [1.29, 1.82) is 0 Å². The number of aliphatic carboxylic acids is 1. The van der Waals surface area contributed by atoms with Gasteiger partial charge in [0.05, 0.1) is 12.5 Å². The third-order valence-corrected chi connectivity index (χ3v) is 4.00. The van der Waals surface area contributed by atoms with E-state index in [0.29, 0.717) is 30.5 Å². The van der Waals surface area contributed by atoms with Gasteiger partial charge in [-0.15, -0.1) is 0 Å². The number of carboxylic acid groups (broad SMARTS) is 1. The number of furan rings is 1. The molecule has 0 radical (unpaired) electrons. The molecule has 1 aliphatic heterocycles. The molecule has 5 nitrogen and oxygen atoms in total. The predicted octanol–water partition coefficient (Wildman–Crippen LogP) is 2.56. The molecule has 1 aliphatic rings. The third-order valence-electron chi connectivity index (χ3n) is 4.00. The number of hydrogen-bond acceptors (Lipinski definition) is 4. The molecule has 2 rings (SSSR count). The SMILES string of the molecule is CC(C)CCOc1coc(C[C@H](C(=O)O)[C@H]2CCNC2)c1. The van der Waals surface area contributed by atoms with Crippen LogP contribution in [-0.4, -0.2) is 30.8 Å². The maximum absolute atomic E-state index is 11.4. The monoisotopic (exact) mass is 295 g/mol. The standard InChI is InChI=1S/C16H25NO4/c1-11(2)4-6-20-14-7-13(21-10-14)8-15(16(18)19)12-3-5-17-9-12/h7,10-12,15,17H,3-6,8-9H2,1-2H3,(H,18,19)/t12-,15-/m0/s1. The van der Waals surface area contributed by atoms with Crippen molar-refractivity contribution in [2.75, 3.05) is 19.7 Å². The smallest absolute Gasteiger partial charge is 0.307 e. The van der Waals surface area contributed by atoms with Crippen LogP contribution < -0.4 is 10.1 Å². The van der Waals surface area contributed by atoms with Gasteiger partial charge in [0.1, 0.15) is 12.0 Å². The van der Waals surface area contributed by atoms with E-state index in [4.69, 9.17) is 9.15 Å². The molecule has 0 unspecified atom stereocenters. The average Bonchev–Trinajstić information content (AvgIpc) is 3.06. The van der Waals surface area contributed by atoms with Gasteiger partial charge in [-0.05, 0) is 37.8 Å². The summed E-state index contributed by atoms with van der Waals surface area (Å²) in [6.07, 6.45) is 3.90. The van der Waals surface area contributed by atoms with Crippen molar-refractivity contribution in [3.05, 3.63) is 18.1 Å². The van der Waals surface area contributed by atoms with Gasteiger partial charge in [-0.1, -0.05) is 13.8 Å². The van der Waals surface area contributed by atoms with Crippen LogP contribution in [0.15, 0.2) is 16.7 Å². The predicted molar refractivity (Wildman–Crippen MR) is 79.5 cm³/mol. The van der Waals surface area contributed by atoms with Gasteiger partial charge in [0.15, 0.2) is 5.75 Å². The zero-order chi connectivity index (χ0) is 15.2. The van der Waals surface area contributed by atoms with Crippen LogP contribution in [0.25, 0.3) is 0 Å². The lowest BCUT2D eigenvalue weighted by molar-refractivity contribution is -0.143. The van der Waals surface area contributed by atoms with E-state index in [2.05, 4.69) is 19.2 Å². The third kappa shape index (κ3) is 4.77. The maximum Gasteiger partial charge on any atom is 0.307 e. The Balaban J connectivity index is 1.88. The van der Waals surface area contributed by atoms with Gasteiger partial charge in [0.25, 0.3) is 0 Å². The first kappa shape index (κ1) is 15.9. The van der Waals surface area contributed by atoms with E-state index in [1.54, 1.807) is 6.26 Å². The molecule has 118 valence electrons. The van der Waals surface area contributed by atoms with Crippen molar-refractivity contribution in [1.82, 2.24) is 5.32 Å². The van der Waals surface area contributed by atoms with E-state index >= 15 is 0 Å². The molecule has 21 heavy (non-hydrogen) atoms. The summed E-state index contributed by atoms with van der Waals surface area (Å²) in [5.74, 6) is 1.02. The Labute approximate surface area is 125 Å². The normalized spacial score (nSPS) is 19.9. The van der Waals surface area contributed by atoms with Crippen molar-refractivity contribution in [2.45, 2.75) is 33.1 Å². The Bertz CT molecular complexity index is 449. The molecule has 0 amide bonds. The van der Waals surface area contributed by atoms with Crippen LogP contribution in [0, 0.1) is 17.8 Å². The van der Waals surface area contributed by atoms with Crippen LogP contribution in [-0.2, 0) is 11.2 Å². The summed E-state index contributed by atoms with van der Waals surface area (Å²) in [5, 5.41) is 12.6. The Morgan fingerprint density at radius 1 is 1.57 bits per heavy atom. The van der Waals surface area contributed by atoms with Gasteiger partial charge in [-0.2, -0.15) is 0 Å². The van der Waals surface area contributed by atoms with Crippen LogP contribution in [0.1, 0.15) is 32.4 Å². The molecule has 0 spiro atoms. The van der Waals surface area contributed by atoms with E-state index in [0.717, 1.165) is 25.9 Å². The highest BCUT2D eigenvalue weighted by Crippen LogP contribution is 2.26. The molecule has 1 saturated heterocycles. The molecule has 0 bridgehead atoms. The summed E-state index contributed by atoms with van der Waals surface area (Å²) in [7, 11) is 0. The second-order valence-corrected chi connectivity index (χ2v) is 6.18. The van der Waals surface area contributed by atoms with Gasteiger partial charge >= 0.3 is 5.97 Å². The molecular weight excluding hydrogens is 270 g/mol. The molecule has 2 atom stereocenters. The number of nitrogens with one attached hydrogen (secondary N) is 1. The second kappa shape index (κ2) is 7.50. The molecular formula is C16H25NO4. The van der Waals surface area contributed by atoms with Gasteiger partial charge in [-0.3, -0.25) is 4.79 Å². The Hall–Kier alpha value is -1.49. The quantitative estimate of drug-likeness (QED) is 0.771. The lowest BCUT2D eigenvalue weighted by atomic mass is 9.88. The molecule has 0 aliphatic carbocycles. The first-order chi connectivity index (χ1) is 10.1. The summed E-state index contributed by atoms with van der Waals surface area (Å²) in [5.41, 5.74) is 0. The van der Waals surface area contributed by atoms with Crippen molar-refractivity contribution < 1.29 is 19.1 Å². The molecule has 5 heteroatoms. The Morgan fingerprint density at radius 3 is 3.00 bits per heavy atom. The lowest BCUT2D eigenvalue weighted by Gasteiger charge is -2.17. The van der Waals surface area contributed by atoms with Crippen molar-refractivity contribution in [2.24, 2.45) is 17.8 Å². The highest BCUT2D eigenvalue weighted by molar-refractivity contribution is 5.70. The fourth-order valence-corrected chi connectivity index (χ4v) is 2.65. The summed E-state index contributed by atoms with van der Waals surface area (Å²) in [6.45, 7) is 6.63. The number of rotatable bonds is 8. The van der Waals surface area contributed by atoms with Crippen LogP contribution >= 0.6 is 0 Å². The van der Waals surface area contributed by atoms with Gasteiger partial charge in [-0.25, -0.2) is 0 Å². The van der Waals surface area contributed by atoms with E-state index in [1.807, 2.05) is 6.07 Å². The Morgan fingerprint density at radius 2 is 2.38 bits per heavy atom. The summed E-state index contributed by atoms with van der Waals surface area (Å²) >= 11 is 0. The highest BCUT2D eigenvalue weighted by atomic mass is 16.5. The van der Waals surface area contributed by atoms with Crippen molar-refractivity contribution in [3.8, 4) is 5.75 Å². The number of hydrogen-bond donors (Lipinski definition) is 2. The molecule has 2 heterocycles. The molecule has 1 aromatic rings. The molecule has 0 aromatic carbocycles. The minimum atomic E-state index is -0.748. The van der Waals surface area contributed by atoms with E-state index in [-0.39, 0.29) is 5.92 Å². The van der Waals surface area contributed by atoms with Crippen LogP contribution in [0.5, 0.6) is 5.75 Å². The van der Waals surface area contributed by atoms with Gasteiger partial charge in [0, 0.05) is 12.5 Å². The minimum absolute atomic E-state index is 0.179. The van der Waals surface area contributed by atoms with Crippen molar-refractivity contribution >= 4 is 5.97 Å². The average molecular weight is 295 g/mol. The fourth-order valence-electron chi connectivity index (χ4n) is 2.65. The fraction of sp³-hybridized carbons (Fsp3) is 0.688. The van der Waals surface area contributed by atoms with Gasteiger partial charge < -0.3 is 19.6 Å². The van der Waals surface area contributed by atoms with E-state index in [1.165, 1.54) is 0 Å². The first-order valence-electron chi connectivity index (χ1n) is 7.70. The second-order valence-electron chi connectivity index (χ2n) is 6.18. The molecule has 2 N–H and O–H groups in total. The number of carbonyl (C=O) groups is 1. The minimum Gasteiger partial charge on any atom is -0.490 e.